The maximum absolute atomic E-state index is 11.5. The molecule has 0 aromatic carbocycles. The van der Waals surface area contributed by atoms with Crippen LogP contribution in [-0.2, 0) is 4.79 Å². The van der Waals surface area contributed by atoms with E-state index in [1.807, 2.05) is 6.92 Å². The van der Waals surface area contributed by atoms with Crippen LogP contribution in [0.4, 0.5) is 0 Å². The molecule has 1 N–H and O–H groups in total. The molecule has 0 aliphatic carbocycles. The number of hydrogen-bond donors (Lipinski definition) is 1. The van der Waals surface area contributed by atoms with Gasteiger partial charge in [-0.05, 0) is 19.8 Å². The third-order valence-corrected chi connectivity index (χ3v) is 2.28. The summed E-state index contributed by atoms with van der Waals surface area (Å²) in [6.07, 6.45) is 1.66. The number of likely N-dealkylation sites (tertiary alicyclic amines) is 1. The molecule has 70 valence electrons. The first-order valence-electron chi connectivity index (χ1n) is 4.58. The number of amides is 1. The zero-order valence-corrected chi connectivity index (χ0v) is 7.79. The van der Waals surface area contributed by atoms with Crippen molar-refractivity contribution in [3.63, 3.8) is 0 Å². The van der Waals surface area contributed by atoms with Crippen molar-refractivity contribution < 1.29 is 9.90 Å². The van der Waals surface area contributed by atoms with Gasteiger partial charge in [0.25, 0.3) is 0 Å². The van der Waals surface area contributed by atoms with Crippen molar-refractivity contribution in [3.05, 3.63) is 0 Å². The lowest BCUT2D eigenvalue weighted by Crippen LogP contribution is -2.43. The third kappa shape index (κ3) is 2.21. The molecule has 0 aromatic heterocycles. The van der Waals surface area contributed by atoms with Gasteiger partial charge in [-0.1, -0.05) is 6.92 Å². The SMILES string of the molecule is CC(O)CN1CCCC(C)C1=O. The molecule has 0 aromatic rings. The van der Waals surface area contributed by atoms with E-state index in [1.165, 1.54) is 0 Å². The van der Waals surface area contributed by atoms with Crippen molar-refractivity contribution in [1.29, 1.82) is 0 Å². The van der Waals surface area contributed by atoms with Gasteiger partial charge in [0.1, 0.15) is 0 Å². The minimum Gasteiger partial charge on any atom is -0.392 e. The van der Waals surface area contributed by atoms with E-state index in [-0.39, 0.29) is 11.8 Å². The van der Waals surface area contributed by atoms with Crippen LogP contribution in [0.3, 0.4) is 0 Å². The molecule has 0 radical (unpaired) electrons. The van der Waals surface area contributed by atoms with Gasteiger partial charge in [-0.25, -0.2) is 0 Å². The Balaban J connectivity index is 2.46. The predicted molar refractivity (Wildman–Crippen MR) is 46.7 cm³/mol. The molecule has 1 fully saturated rings. The zero-order valence-electron chi connectivity index (χ0n) is 7.79. The summed E-state index contributed by atoms with van der Waals surface area (Å²) in [6, 6.07) is 0. The highest BCUT2D eigenvalue weighted by molar-refractivity contribution is 5.79. The average molecular weight is 171 g/mol. The van der Waals surface area contributed by atoms with E-state index < -0.39 is 6.10 Å². The molecule has 0 saturated carbocycles. The highest BCUT2D eigenvalue weighted by Gasteiger charge is 2.25. The van der Waals surface area contributed by atoms with Gasteiger partial charge in [0.2, 0.25) is 5.91 Å². The lowest BCUT2D eigenvalue weighted by molar-refractivity contribution is -0.139. The van der Waals surface area contributed by atoms with Crippen molar-refractivity contribution in [2.45, 2.75) is 32.8 Å². The summed E-state index contributed by atoms with van der Waals surface area (Å²) in [6.45, 7) is 4.97. The number of piperidine rings is 1. The van der Waals surface area contributed by atoms with Crippen molar-refractivity contribution >= 4 is 5.91 Å². The van der Waals surface area contributed by atoms with E-state index in [2.05, 4.69) is 0 Å². The second kappa shape index (κ2) is 3.90. The van der Waals surface area contributed by atoms with Crippen molar-refractivity contribution in [2.75, 3.05) is 13.1 Å². The third-order valence-electron chi connectivity index (χ3n) is 2.28. The van der Waals surface area contributed by atoms with Gasteiger partial charge in [-0.2, -0.15) is 0 Å². The number of aliphatic hydroxyl groups excluding tert-OH is 1. The smallest absolute Gasteiger partial charge is 0.225 e. The van der Waals surface area contributed by atoms with E-state index in [0.29, 0.717) is 6.54 Å². The molecular formula is C9H17NO2. The monoisotopic (exact) mass is 171 g/mol. The van der Waals surface area contributed by atoms with E-state index in [0.717, 1.165) is 19.4 Å². The van der Waals surface area contributed by atoms with E-state index in [1.54, 1.807) is 11.8 Å². The molecule has 1 aliphatic heterocycles. The summed E-state index contributed by atoms with van der Waals surface area (Å²) in [5, 5.41) is 9.11. The van der Waals surface area contributed by atoms with Crippen LogP contribution in [0.25, 0.3) is 0 Å². The highest BCUT2D eigenvalue weighted by atomic mass is 16.3. The van der Waals surface area contributed by atoms with Gasteiger partial charge in [-0.3, -0.25) is 4.79 Å². The summed E-state index contributed by atoms with van der Waals surface area (Å²) in [4.78, 5) is 13.2. The van der Waals surface area contributed by atoms with Crippen LogP contribution in [-0.4, -0.2) is 35.1 Å². The summed E-state index contributed by atoms with van der Waals surface area (Å²) in [7, 11) is 0. The molecule has 12 heavy (non-hydrogen) atoms. The van der Waals surface area contributed by atoms with Gasteiger partial charge < -0.3 is 10.0 Å². The number of carbonyl (C=O) groups excluding carboxylic acids is 1. The molecule has 1 heterocycles. The number of β-amino-alcohol motifs (C(OH)–C–C–N with tert-alkyl or cyclic N) is 1. The Labute approximate surface area is 73.4 Å². The van der Waals surface area contributed by atoms with E-state index in [9.17, 15) is 4.79 Å². The summed E-state index contributed by atoms with van der Waals surface area (Å²) >= 11 is 0. The Morgan fingerprint density at radius 3 is 3.00 bits per heavy atom. The van der Waals surface area contributed by atoms with Crippen LogP contribution in [0.15, 0.2) is 0 Å². The van der Waals surface area contributed by atoms with Crippen LogP contribution in [0.2, 0.25) is 0 Å². The van der Waals surface area contributed by atoms with Gasteiger partial charge in [0, 0.05) is 19.0 Å². The topological polar surface area (TPSA) is 40.5 Å². The maximum Gasteiger partial charge on any atom is 0.225 e. The molecule has 0 spiro atoms. The Hall–Kier alpha value is -0.570. The van der Waals surface area contributed by atoms with Gasteiger partial charge in [-0.15, -0.1) is 0 Å². The Morgan fingerprint density at radius 1 is 1.75 bits per heavy atom. The molecular weight excluding hydrogens is 154 g/mol. The number of carbonyl (C=O) groups is 1. The Morgan fingerprint density at radius 2 is 2.42 bits per heavy atom. The fourth-order valence-corrected chi connectivity index (χ4v) is 1.63. The minimum atomic E-state index is -0.403. The van der Waals surface area contributed by atoms with E-state index >= 15 is 0 Å². The first-order chi connectivity index (χ1) is 5.61. The molecule has 1 rings (SSSR count). The molecule has 1 saturated heterocycles. The number of rotatable bonds is 2. The molecule has 3 heteroatoms. The second-order valence-corrected chi connectivity index (χ2v) is 3.68. The van der Waals surface area contributed by atoms with Crippen molar-refractivity contribution in [2.24, 2.45) is 5.92 Å². The first-order valence-corrected chi connectivity index (χ1v) is 4.58. The fraction of sp³-hybridized carbons (Fsp3) is 0.889. The molecule has 2 unspecified atom stereocenters. The maximum atomic E-state index is 11.5. The largest absolute Gasteiger partial charge is 0.392 e. The van der Waals surface area contributed by atoms with Crippen molar-refractivity contribution in [3.8, 4) is 0 Å². The highest BCUT2D eigenvalue weighted by Crippen LogP contribution is 2.16. The van der Waals surface area contributed by atoms with Gasteiger partial charge in [0.05, 0.1) is 6.10 Å². The molecule has 0 bridgehead atoms. The summed E-state index contributed by atoms with van der Waals surface area (Å²) < 4.78 is 0. The Bertz CT molecular complexity index is 168. The normalized spacial score (nSPS) is 27.4. The van der Waals surface area contributed by atoms with Crippen LogP contribution in [0, 0.1) is 5.92 Å². The standard InChI is InChI=1S/C9H17NO2/c1-7-4-3-5-10(9(7)12)6-8(2)11/h7-8,11H,3-6H2,1-2H3. The quantitative estimate of drug-likeness (QED) is 0.662. The van der Waals surface area contributed by atoms with Crippen LogP contribution in [0.1, 0.15) is 26.7 Å². The lowest BCUT2D eigenvalue weighted by atomic mass is 9.99. The van der Waals surface area contributed by atoms with Crippen LogP contribution >= 0.6 is 0 Å². The fourth-order valence-electron chi connectivity index (χ4n) is 1.63. The van der Waals surface area contributed by atoms with Gasteiger partial charge in [0.15, 0.2) is 0 Å². The van der Waals surface area contributed by atoms with Crippen LogP contribution < -0.4 is 0 Å². The summed E-state index contributed by atoms with van der Waals surface area (Å²) in [5.74, 6) is 0.347. The predicted octanol–water partition coefficient (Wildman–Crippen LogP) is 0.626. The molecule has 3 nitrogen and oxygen atoms in total. The zero-order chi connectivity index (χ0) is 9.14. The summed E-state index contributed by atoms with van der Waals surface area (Å²) in [5.41, 5.74) is 0. The number of aliphatic hydroxyl groups is 1. The average Bonchev–Trinajstić information content (AvgIpc) is 1.98. The van der Waals surface area contributed by atoms with Crippen LogP contribution in [0.5, 0.6) is 0 Å². The number of hydrogen-bond acceptors (Lipinski definition) is 2. The van der Waals surface area contributed by atoms with Gasteiger partial charge >= 0.3 is 0 Å². The second-order valence-electron chi connectivity index (χ2n) is 3.68. The van der Waals surface area contributed by atoms with Crippen molar-refractivity contribution in [1.82, 2.24) is 4.90 Å². The minimum absolute atomic E-state index is 0.150. The Kier molecular flexibility index (Phi) is 3.09. The lowest BCUT2D eigenvalue weighted by Gasteiger charge is -2.31. The molecule has 1 amide bonds. The van der Waals surface area contributed by atoms with E-state index in [4.69, 9.17) is 5.11 Å². The molecule has 2 atom stereocenters. The first kappa shape index (κ1) is 9.52. The number of nitrogens with zero attached hydrogens (tertiary/aromatic N) is 1. The molecule has 1 aliphatic rings.